The number of aromatic nitrogens is 2. The molecule has 0 aliphatic carbocycles. The van der Waals surface area contributed by atoms with Crippen LogP contribution in [0, 0.1) is 6.92 Å². The third-order valence-corrected chi connectivity index (χ3v) is 6.65. The maximum atomic E-state index is 13.0. The van der Waals surface area contributed by atoms with Crippen molar-refractivity contribution in [3.8, 4) is 5.69 Å². The zero-order chi connectivity index (χ0) is 23.5. The van der Waals surface area contributed by atoms with E-state index >= 15 is 0 Å². The van der Waals surface area contributed by atoms with E-state index in [1.165, 1.54) is 0 Å². The van der Waals surface area contributed by atoms with E-state index in [1.807, 2.05) is 56.4 Å². The highest BCUT2D eigenvalue weighted by atomic mass is 35.5. The molecular formula is C24H27Cl2N5O2. The predicted molar refractivity (Wildman–Crippen MR) is 133 cm³/mol. The number of piperazine rings is 1. The first-order valence-corrected chi connectivity index (χ1v) is 11.6. The number of carbonyl (C=O) groups is 1. The highest BCUT2D eigenvalue weighted by Crippen LogP contribution is 2.22. The molecule has 4 rings (SSSR count). The molecule has 174 valence electrons. The van der Waals surface area contributed by atoms with Gasteiger partial charge in [-0.3, -0.25) is 24.1 Å². The molecule has 1 aliphatic rings. The van der Waals surface area contributed by atoms with Crippen LogP contribution in [0.1, 0.15) is 11.3 Å². The van der Waals surface area contributed by atoms with Crippen LogP contribution in [0.4, 0.5) is 5.69 Å². The highest BCUT2D eigenvalue weighted by Gasteiger charge is 2.22. The Balaban J connectivity index is 1.34. The van der Waals surface area contributed by atoms with E-state index in [4.69, 9.17) is 23.2 Å². The van der Waals surface area contributed by atoms with Crippen LogP contribution in [0.3, 0.4) is 0 Å². The van der Waals surface area contributed by atoms with E-state index in [9.17, 15) is 9.59 Å². The van der Waals surface area contributed by atoms with Crippen LogP contribution >= 0.6 is 23.2 Å². The topological polar surface area (TPSA) is 62.5 Å². The fourth-order valence-electron chi connectivity index (χ4n) is 4.09. The summed E-state index contributed by atoms with van der Waals surface area (Å²) in [7, 11) is 1.81. The van der Waals surface area contributed by atoms with Crippen LogP contribution in [-0.4, -0.2) is 57.8 Å². The van der Waals surface area contributed by atoms with Crippen molar-refractivity contribution in [2.24, 2.45) is 7.05 Å². The van der Waals surface area contributed by atoms with Gasteiger partial charge in [-0.2, -0.15) is 0 Å². The fourth-order valence-corrected chi connectivity index (χ4v) is 4.56. The second-order valence-corrected chi connectivity index (χ2v) is 9.12. The molecule has 0 unspecified atom stereocenters. The van der Waals surface area contributed by atoms with Crippen LogP contribution in [-0.2, 0) is 18.4 Å². The van der Waals surface area contributed by atoms with E-state index in [-0.39, 0.29) is 18.0 Å². The molecule has 2 heterocycles. The number of nitrogens with one attached hydrogen (secondary N) is 1. The number of hydrogen-bond acceptors (Lipinski definition) is 4. The molecular weight excluding hydrogens is 461 g/mol. The molecule has 1 N–H and O–H groups in total. The first-order valence-electron chi connectivity index (χ1n) is 10.9. The lowest BCUT2D eigenvalue weighted by Gasteiger charge is -2.34. The van der Waals surface area contributed by atoms with Crippen molar-refractivity contribution in [3.63, 3.8) is 0 Å². The van der Waals surface area contributed by atoms with Crippen LogP contribution in [0.2, 0.25) is 10.0 Å². The van der Waals surface area contributed by atoms with E-state index < -0.39 is 0 Å². The van der Waals surface area contributed by atoms with Crippen molar-refractivity contribution in [1.29, 1.82) is 0 Å². The smallest absolute Gasteiger partial charge is 0.295 e. The molecule has 1 saturated heterocycles. The molecule has 0 bridgehead atoms. The van der Waals surface area contributed by atoms with Gasteiger partial charge in [0, 0.05) is 49.8 Å². The highest BCUT2D eigenvalue weighted by molar-refractivity contribution is 6.35. The molecule has 9 heteroatoms. The molecule has 0 spiro atoms. The summed E-state index contributed by atoms with van der Waals surface area (Å²) in [6, 6.07) is 14.9. The number of para-hydroxylation sites is 1. The number of rotatable bonds is 6. The van der Waals surface area contributed by atoms with Crippen LogP contribution in [0.25, 0.3) is 5.69 Å². The second-order valence-electron chi connectivity index (χ2n) is 8.27. The SMILES string of the molecule is Cc1c(NC(=O)CN2CCN(Cc3ccc(Cl)cc3Cl)CC2)c(=O)n(-c2ccccc2)n1C. The maximum Gasteiger partial charge on any atom is 0.295 e. The summed E-state index contributed by atoms with van der Waals surface area (Å²) < 4.78 is 3.32. The summed E-state index contributed by atoms with van der Waals surface area (Å²) in [4.78, 5) is 30.1. The number of nitrogens with zero attached hydrogens (tertiary/aromatic N) is 4. The Morgan fingerprint density at radius 1 is 1.00 bits per heavy atom. The van der Waals surface area contributed by atoms with Crippen molar-refractivity contribution >= 4 is 34.8 Å². The monoisotopic (exact) mass is 487 g/mol. The van der Waals surface area contributed by atoms with Crippen molar-refractivity contribution in [1.82, 2.24) is 19.2 Å². The first-order chi connectivity index (χ1) is 15.8. The van der Waals surface area contributed by atoms with Crippen LogP contribution < -0.4 is 10.9 Å². The Morgan fingerprint density at radius 2 is 1.67 bits per heavy atom. The van der Waals surface area contributed by atoms with Gasteiger partial charge in [0.15, 0.2) is 0 Å². The number of benzene rings is 2. The van der Waals surface area contributed by atoms with Gasteiger partial charge in [-0.15, -0.1) is 0 Å². The molecule has 1 aliphatic heterocycles. The molecule has 3 aromatic rings. The Hall–Kier alpha value is -2.58. The summed E-state index contributed by atoms with van der Waals surface area (Å²) >= 11 is 12.3. The fraction of sp³-hybridized carbons (Fsp3) is 0.333. The third-order valence-electron chi connectivity index (χ3n) is 6.06. The van der Waals surface area contributed by atoms with Gasteiger partial charge < -0.3 is 5.32 Å². The average Bonchev–Trinajstić information content (AvgIpc) is 3.00. The summed E-state index contributed by atoms with van der Waals surface area (Å²) in [5, 5.41) is 4.14. The summed E-state index contributed by atoms with van der Waals surface area (Å²) in [6.45, 7) is 6.01. The maximum absolute atomic E-state index is 13.0. The predicted octanol–water partition coefficient (Wildman–Crippen LogP) is 3.55. The Labute approximate surface area is 203 Å². The van der Waals surface area contributed by atoms with Gasteiger partial charge in [0.05, 0.1) is 17.9 Å². The number of anilines is 1. The molecule has 1 amide bonds. The minimum atomic E-state index is -0.237. The standard InChI is InChI=1S/C24H27Cl2N5O2/c1-17-23(24(33)31(28(17)2)20-6-4-3-5-7-20)27-22(32)16-30-12-10-29(11-13-30)15-18-8-9-19(25)14-21(18)26/h3-9,14H,10-13,15-16H2,1-2H3,(H,27,32). The molecule has 0 saturated carbocycles. The average molecular weight is 488 g/mol. The Morgan fingerprint density at radius 3 is 2.33 bits per heavy atom. The lowest BCUT2D eigenvalue weighted by Crippen LogP contribution is -2.48. The van der Waals surface area contributed by atoms with Gasteiger partial charge >= 0.3 is 0 Å². The normalized spacial score (nSPS) is 15.0. The van der Waals surface area contributed by atoms with E-state index in [2.05, 4.69) is 15.1 Å². The first kappa shape index (κ1) is 23.6. The van der Waals surface area contributed by atoms with E-state index in [0.717, 1.165) is 44.0 Å². The van der Waals surface area contributed by atoms with Crippen LogP contribution in [0.5, 0.6) is 0 Å². The van der Waals surface area contributed by atoms with Crippen molar-refractivity contribution < 1.29 is 4.79 Å². The van der Waals surface area contributed by atoms with Crippen LogP contribution in [0.15, 0.2) is 53.3 Å². The Bertz CT molecular complexity index is 1200. The number of carbonyl (C=O) groups excluding carboxylic acids is 1. The number of amides is 1. The zero-order valence-corrected chi connectivity index (χ0v) is 20.2. The molecule has 7 nitrogen and oxygen atoms in total. The zero-order valence-electron chi connectivity index (χ0n) is 18.7. The molecule has 0 radical (unpaired) electrons. The van der Waals surface area contributed by atoms with Gasteiger partial charge in [-0.1, -0.05) is 47.5 Å². The van der Waals surface area contributed by atoms with Crippen molar-refractivity contribution in [2.45, 2.75) is 13.5 Å². The Kier molecular flexibility index (Phi) is 7.24. The molecule has 0 atom stereocenters. The molecule has 2 aromatic carbocycles. The minimum absolute atomic E-state index is 0.185. The van der Waals surface area contributed by atoms with Gasteiger partial charge in [0.1, 0.15) is 5.69 Å². The minimum Gasteiger partial charge on any atom is -0.319 e. The van der Waals surface area contributed by atoms with Crippen molar-refractivity contribution in [3.05, 3.63) is 80.2 Å². The van der Waals surface area contributed by atoms with E-state index in [0.29, 0.717) is 21.4 Å². The number of hydrogen-bond donors (Lipinski definition) is 1. The summed E-state index contributed by atoms with van der Waals surface area (Å²) in [5.41, 5.74) is 2.59. The van der Waals surface area contributed by atoms with Gasteiger partial charge in [0.2, 0.25) is 5.91 Å². The third kappa shape index (κ3) is 5.33. The van der Waals surface area contributed by atoms with Gasteiger partial charge in [0.25, 0.3) is 5.56 Å². The lowest BCUT2D eigenvalue weighted by atomic mass is 10.2. The van der Waals surface area contributed by atoms with Gasteiger partial charge in [-0.05, 0) is 36.8 Å². The van der Waals surface area contributed by atoms with E-state index in [1.54, 1.807) is 15.4 Å². The summed E-state index contributed by atoms with van der Waals surface area (Å²) in [5.74, 6) is -0.185. The molecule has 33 heavy (non-hydrogen) atoms. The van der Waals surface area contributed by atoms with Crippen molar-refractivity contribution in [2.75, 3.05) is 38.0 Å². The quantitative estimate of drug-likeness (QED) is 0.577. The van der Waals surface area contributed by atoms with Gasteiger partial charge in [-0.25, -0.2) is 4.68 Å². The summed E-state index contributed by atoms with van der Waals surface area (Å²) in [6.07, 6.45) is 0. The molecule has 1 fully saturated rings. The molecule has 1 aromatic heterocycles. The second kappa shape index (κ2) is 10.1. The largest absolute Gasteiger partial charge is 0.319 e. The lowest BCUT2D eigenvalue weighted by molar-refractivity contribution is -0.117. The number of halogens is 2.